The van der Waals surface area contributed by atoms with Crippen LogP contribution in [0.3, 0.4) is 0 Å². The van der Waals surface area contributed by atoms with Gasteiger partial charge >= 0.3 is 12.1 Å². The number of hydrogen-bond donors (Lipinski definition) is 3. The van der Waals surface area contributed by atoms with Gasteiger partial charge in [0.25, 0.3) is 0 Å². The van der Waals surface area contributed by atoms with E-state index in [0.29, 0.717) is 12.5 Å². The van der Waals surface area contributed by atoms with Crippen LogP contribution in [-0.2, 0) is 14.3 Å². The van der Waals surface area contributed by atoms with E-state index in [1.807, 2.05) is 24.3 Å². The van der Waals surface area contributed by atoms with E-state index >= 15 is 0 Å². The van der Waals surface area contributed by atoms with Gasteiger partial charge in [0.05, 0.1) is 6.42 Å². The summed E-state index contributed by atoms with van der Waals surface area (Å²) in [5.74, 6) is -0.954. The van der Waals surface area contributed by atoms with Crippen LogP contribution < -0.4 is 10.6 Å². The molecule has 1 aliphatic rings. The Hall–Kier alpha value is -3.35. The van der Waals surface area contributed by atoms with E-state index in [1.54, 1.807) is 13.8 Å². The number of aliphatic carboxylic acids is 1. The highest BCUT2D eigenvalue weighted by Crippen LogP contribution is 2.44. The second kappa shape index (κ2) is 11.4. The first kappa shape index (κ1) is 26.3. The smallest absolute Gasteiger partial charge is 0.407 e. The molecule has 0 heterocycles. The molecule has 35 heavy (non-hydrogen) atoms. The summed E-state index contributed by atoms with van der Waals surface area (Å²) in [6.45, 7) is 8.04. The van der Waals surface area contributed by atoms with Gasteiger partial charge in [0, 0.05) is 24.4 Å². The van der Waals surface area contributed by atoms with Crippen LogP contribution >= 0.6 is 0 Å². The molecule has 0 spiro atoms. The van der Waals surface area contributed by atoms with Gasteiger partial charge in [-0.2, -0.15) is 0 Å². The summed E-state index contributed by atoms with van der Waals surface area (Å²) in [5.41, 5.74) is 3.81. The number of alkyl carbamates (subject to hydrolysis) is 1. The second-order valence-electron chi connectivity index (χ2n) is 10.4. The molecule has 0 fully saturated rings. The summed E-state index contributed by atoms with van der Waals surface area (Å²) < 4.78 is 5.61. The topological polar surface area (TPSA) is 105 Å². The van der Waals surface area contributed by atoms with Gasteiger partial charge in [-0.25, -0.2) is 4.79 Å². The molecule has 0 aliphatic heterocycles. The fourth-order valence-electron chi connectivity index (χ4n) is 4.90. The van der Waals surface area contributed by atoms with Gasteiger partial charge < -0.3 is 20.5 Å². The number of carbonyl (C=O) groups is 3. The van der Waals surface area contributed by atoms with E-state index in [4.69, 9.17) is 9.84 Å². The quantitative estimate of drug-likeness (QED) is 0.422. The summed E-state index contributed by atoms with van der Waals surface area (Å²) in [4.78, 5) is 36.1. The number of hydrogen-bond acceptors (Lipinski definition) is 4. The van der Waals surface area contributed by atoms with Crippen LogP contribution in [0.25, 0.3) is 11.1 Å². The number of carbonyl (C=O) groups excluding carboxylic acids is 2. The molecule has 1 atom stereocenters. The van der Waals surface area contributed by atoms with Crippen LogP contribution in [0.2, 0.25) is 0 Å². The van der Waals surface area contributed by atoms with Crippen LogP contribution in [0.4, 0.5) is 4.79 Å². The Morgan fingerprint density at radius 2 is 1.57 bits per heavy atom. The molecule has 1 aliphatic carbocycles. The first-order chi connectivity index (χ1) is 16.6. The van der Waals surface area contributed by atoms with Crippen molar-refractivity contribution < 1.29 is 24.2 Å². The lowest BCUT2D eigenvalue weighted by atomic mass is 9.92. The first-order valence-corrected chi connectivity index (χ1v) is 12.2. The largest absolute Gasteiger partial charge is 0.481 e. The summed E-state index contributed by atoms with van der Waals surface area (Å²) in [6, 6.07) is 16.3. The van der Waals surface area contributed by atoms with E-state index in [2.05, 4.69) is 48.7 Å². The molecule has 0 unspecified atom stereocenters. The minimum absolute atomic E-state index is 0.0122. The number of nitrogens with one attached hydrogen (secondary N) is 2. The number of benzene rings is 2. The Bertz CT molecular complexity index is 1020. The minimum Gasteiger partial charge on any atom is -0.481 e. The molecule has 0 aromatic heterocycles. The lowest BCUT2D eigenvalue weighted by Crippen LogP contribution is -2.46. The van der Waals surface area contributed by atoms with Crippen LogP contribution in [0.5, 0.6) is 0 Å². The summed E-state index contributed by atoms with van der Waals surface area (Å²) >= 11 is 0. The molecule has 2 amide bonds. The third kappa shape index (κ3) is 7.31. The van der Waals surface area contributed by atoms with Gasteiger partial charge in [0.2, 0.25) is 5.91 Å². The van der Waals surface area contributed by atoms with Gasteiger partial charge in [-0.1, -0.05) is 62.4 Å². The van der Waals surface area contributed by atoms with Gasteiger partial charge in [-0.05, 0) is 54.4 Å². The lowest BCUT2D eigenvalue weighted by Gasteiger charge is -2.26. The zero-order valence-electron chi connectivity index (χ0n) is 21.0. The Labute approximate surface area is 207 Å². The normalized spacial score (nSPS) is 13.6. The Kier molecular flexibility index (Phi) is 8.54. The number of fused-ring (bicyclic) bond motifs is 3. The van der Waals surface area contributed by atoms with Gasteiger partial charge in [0.15, 0.2) is 0 Å². The van der Waals surface area contributed by atoms with Crippen molar-refractivity contribution in [3.05, 3.63) is 59.7 Å². The molecule has 7 nitrogen and oxygen atoms in total. The Balaban J connectivity index is 1.55. The average molecular weight is 481 g/mol. The SMILES string of the molecule is CC(C)C[C@H](CNC(=O)OCC1c2ccccc2-c2ccccc21)CC(=O)NC(C)(C)CC(=O)O. The van der Waals surface area contributed by atoms with E-state index in [0.717, 1.165) is 17.5 Å². The van der Waals surface area contributed by atoms with Crippen LogP contribution in [-0.4, -0.2) is 41.8 Å². The van der Waals surface area contributed by atoms with Crippen LogP contribution in [0, 0.1) is 11.8 Å². The third-order valence-corrected chi connectivity index (χ3v) is 6.23. The molecule has 2 aromatic rings. The average Bonchev–Trinajstić information content (AvgIpc) is 3.08. The molecule has 3 rings (SSSR count). The van der Waals surface area contributed by atoms with Crippen molar-refractivity contribution >= 4 is 18.0 Å². The second-order valence-corrected chi connectivity index (χ2v) is 10.4. The fourth-order valence-corrected chi connectivity index (χ4v) is 4.90. The minimum atomic E-state index is -0.967. The molecule has 0 saturated carbocycles. The Morgan fingerprint density at radius 3 is 2.11 bits per heavy atom. The molecular weight excluding hydrogens is 444 g/mol. The number of rotatable bonds is 11. The van der Waals surface area contributed by atoms with E-state index < -0.39 is 17.6 Å². The number of carboxylic acid groups (broad SMARTS) is 1. The predicted molar refractivity (Wildman–Crippen MR) is 135 cm³/mol. The third-order valence-electron chi connectivity index (χ3n) is 6.23. The maximum atomic E-state index is 12.6. The van der Waals surface area contributed by atoms with Crippen molar-refractivity contribution in [3.63, 3.8) is 0 Å². The van der Waals surface area contributed by atoms with Crippen molar-refractivity contribution in [2.75, 3.05) is 13.2 Å². The molecule has 0 bridgehead atoms. The summed E-state index contributed by atoms with van der Waals surface area (Å²) in [7, 11) is 0. The van der Waals surface area contributed by atoms with Crippen LogP contribution in [0.15, 0.2) is 48.5 Å². The number of carboxylic acids is 1. The van der Waals surface area contributed by atoms with E-state index in [-0.39, 0.29) is 37.2 Å². The standard InChI is InChI=1S/C28H36N2O5/c1-18(2)13-19(14-25(31)30-28(3,4)15-26(32)33)16-29-27(34)35-17-24-22-11-7-5-9-20(22)21-10-6-8-12-23(21)24/h5-12,18-19,24H,13-17H2,1-4H3,(H,29,34)(H,30,31)(H,32,33)/t19-/m0/s1. The maximum absolute atomic E-state index is 12.6. The van der Waals surface area contributed by atoms with Crippen molar-refractivity contribution in [2.24, 2.45) is 11.8 Å². The lowest BCUT2D eigenvalue weighted by molar-refractivity contribution is -0.138. The van der Waals surface area contributed by atoms with Crippen molar-refractivity contribution in [1.29, 1.82) is 0 Å². The van der Waals surface area contributed by atoms with Crippen molar-refractivity contribution in [2.45, 2.75) is 58.4 Å². The summed E-state index contributed by atoms with van der Waals surface area (Å²) in [6.07, 6.45) is 0.277. The zero-order valence-corrected chi connectivity index (χ0v) is 21.0. The monoisotopic (exact) mass is 480 g/mol. The molecule has 0 saturated heterocycles. The van der Waals surface area contributed by atoms with Gasteiger partial charge in [-0.3, -0.25) is 9.59 Å². The number of amides is 2. The van der Waals surface area contributed by atoms with Crippen molar-refractivity contribution in [3.8, 4) is 11.1 Å². The predicted octanol–water partition coefficient (Wildman–Crippen LogP) is 4.95. The zero-order chi connectivity index (χ0) is 25.6. The molecule has 0 radical (unpaired) electrons. The van der Waals surface area contributed by atoms with E-state index in [9.17, 15) is 14.4 Å². The molecule has 188 valence electrons. The molecular formula is C28H36N2O5. The molecule has 3 N–H and O–H groups in total. The maximum Gasteiger partial charge on any atom is 0.407 e. The highest BCUT2D eigenvalue weighted by Gasteiger charge is 2.29. The highest BCUT2D eigenvalue weighted by atomic mass is 16.5. The molecule has 7 heteroatoms. The highest BCUT2D eigenvalue weighted by molar-refractivity contribution is 5.79. The van der Waals surface area contributed by atoms with E-state index in [1.165, 1.54) is 11.1 Å². The van der Waals surface area contributed by atoms with Gasteiger partial charge in [-0.15, -0.1) is 0 Å². The Morgan fingerprint density at radius 1 is 1.00 bits per heavy atom. The summed E-state index contributed by atoms with van der Waals surface area (Å²) in [5, 5.41) is 14.7. The van der Waals surface area contributed by atoms with Crippen LogP contribution in [0.1, 0.15) is 64.0 Å². The number of ether oxygens (including phenoxy) is 1. The van der Waals surface area contributed by atoms with Gasteiger partial charge in [0.1, 0.15) is 6.61 Å². The fraction of sp³-hybridized carbons (Fsp3) is 0.464. The van der Waals surface area contributed by atoms with Crippen molar-refractivity contribution in [1.82, 2.24) is 10.6 Å². The molecule has 2 aromatic carbocycles. The first-order valence-electron chi connectivity index (χ1n) is 12.2.